The van der Waals surface area contributed by atoms with Gasteiger partial charge in [0.15, 0.2) is 0 Å². The van der Waals surface area contributed by atoms with Crippen molar-refractivity contribution in [2.24, 2.45) is 5.92 Å². The van der Waals surface area contributed by atoms with Gasteiger partial charge >= 0.3 is 5.97 Å². The van der Waals surface area contributed by atoms with E-state index in [1.807, 2.05) is 6.07 Å². The fraction of sp³-hybridized carbons (Fsp3) is 0.500. The summed E-state index contributed by atoms with van der Waals surface area (Å²) < 4.78 is 0. The Labute approximate surface area is 123 Å². The first-order valence-corrected chi connectivity index (χ1v) is 7.40. The molecule has 0 spiro atoms. The van der Waals surface area contributed by atoms with Crippen LogP contribution in [0.25, 0.3) is 0 Å². The fourth-order valence-electron chi connectivity index (χ4n) is 2.68. The number of halogens is 1. The first-order chi connectivity index (χ1) is 9.49. The first kappa shape index (κ1) is 15.0. The van der Waals surface area contributed by atoms with Crippen LogP contribution in [0.1, 0.15) is 49.7 Å². The van der Waals surface area contributed by atoms with Gasteiger partial charge in [-0.2, -0.15) is 0 Å². The van der Waals surface area contributed by atoms with Crippen LogP contribution in [0.3, 0.4) is 0 Å². The van der Waals surface area contributed by atoms with Gasteiger partial charge < -0.3 is 5.11 Å². The molecule has 108 valence electrons. The van der Waals surface area contributed by atoms with Crippen LogP contribution >= 0.6 is 11.6 Å². The lowest BCUT2D eigenvalue weighted by molar-refractivity contribution is -0.138. The molecule has 0 radical (unpaired) electrons. The van der Waals surface area contributed by atoms with Gasteiger partial charge in [0.05, 0.1) is 5.92 Å². The van der Waals surface area contributed by atoms with Crippen molar-refractivity contribution in [2.45, 2.75) is 44.9 Å². The molecule has 4 heteroatoms. The molecule has 1 fully saturated rings. The van der Waals surface area contributed by atoms with E-state index in [0.717, 1.165) is 24.8 Å². The monoisotopic (exact) mass is 294 g/mol. The second kappa shape index (κ2) is 6.40. The Morgan fingerprint density at radius 3 is 2.80 bits per heavy atom. The highest BCUT2D eigenvalue weighted by Gasteiger charge is 2.23. The van der Waals surface area contributed by atoms with Crippen molar-refractivity contribution in [3.05, 3.63) is 34.3 Å². The largest absolute Gasteiger partial charge is 0.481 e. The van der Waals surface area contributed by atoms with Crippen molar-refractivity contribution in [1.82, 2.24) is 0 Å². The van der Waals surface area contributed by atoms with E-state index in [0.29, 0.717) is 29.2 Å². The zero-order chi connectivity index (χ0) is 14.7. The Balaban J connectivity index is 2.13. The van der Waals surface area contributed by atoms with Crippen LogP contribution < -0.4 is 0 Å². The molecule has 0 aliphatic heterocycles. The van der Waals surface area contributed by atoms with Crippen molar-refractivity contribution in [2.75, 3.05) is 0 Å². The summed E-state index contributed by atoms with van der Waals surface area (Å²) in [4.78, 5) is 22.8. The Bertz CT molecular complexity index is 524. The third-order valence-electron chi connectivity index (χ3n) is 4.09. The zero-order valence-corrected chi connectivity index (χ0v) is 12.3. The molecule has 3 nitrogen and oxygen atoms in total. The van der Waals surface area contributed by atoms with Gasteiger partial charge in [-0.15, -0.1) is 0 Å². The lowest BCUT2D eigenvalue weighted by atomic mass is 9.83. The molecule has 0 saturated heterocycles. The average molecular weight is 295 g/mol. The molecule has 2 unspecified atom stereocenters. The molecule has 0 heterocycles. The SMILES string of the molecule is CC(C(=O)O)c1ccc(CC2CCCCC2=O)c(Cl)c1. The highest BCUT2D eigenvalue weighted by molar-refractivity contribution is 6.31. The number of Topliss-reactive ketones (excluding diaryl/α,β-unsaturated/α-hetero) is 1. The summed E-state index contributed by atoms with van der Waals surface area (Å²) in [6.45, 7) is 1.64. The van der Waals surface area contributed by atoms with Crippen LogP contribution in [-0.2, 0) is 16.0 Å². The standard InChI is InChI=1S/C16H19ClO3/c1-10(16(19)20)11-6-7-12(14(17)9-11)8-13-4-2-3-5-15(13)18/h6-7,9-10,13H,2-5,8H2,1H3,(H,19,20). The van der Waals surface area contributed by atoms with E-state index < -0.39 is 11.9 Å². The van der Waals surface area contributed by atoms with Gasteiger partial charge in [-0.3, -0.25) is 9.59 Å². The molecule has 1 aliphatic carbocycles. The predicted molar refractivity (Wildman–Crippen MR) is 78.2 cm³/mol. The molecule has 0 aromatic heterocycles. The Hall–Kier alpha value is -1.35. The number of aliphatic carboxylic acids is 1. The molecular weight excluding hydrogens is 276 g/mol. The molecule has 1 N–H and O–H groups in total. The van der Waals surface area contributed by atoms with Crippen LogP contribution in [0.2, 0.25) is 5.02 Å². The number of carbonyl (C=O) groups is 2. The molecule has 1 aromatic rings. The maximum Gasteiger partial charge on any atom is 0.310 e. The molecule has 0 amide bonds. The smallest absolute Gasteiger partial charge is 0.310 e. The molecule has 1 aliphatic rings. The Morgan fingerprint density at radius 1 is 1.45 bits per heavy atom. The van der Waals surface area contributed by atoms with Crippen LogP contribution in [0, 0.1) is 5.92 Å². The summed E-state index contributed by atoms with van der Waals surface area (Å²) in [5.41, 5.74) is 1.63. The molecule has 2 rings (SSSR count). The van der Waals surface area contributed by atoms with Gasteiger partial charge in [0.2, 0.25) is 0 Å². The lowest BCUT2D eigenvalue weighted by Gasteiger charge is -2.21. The van der Waals surface area contributed by atoms with E-state index >= 15 is 0 Å². The number of rotatable bonds is 4. The van der Waals surface area contributed by atoms with Crippen molar-refractivity contribution < 1.29 is 14.7 Å². The predicted octanol–water partition coefficient (Wildman–Crippen LogP) is 3.83. The van der Waals surface area contributed by atoms with E-state index in [2.05, 4.69) is 0 Å². The minimum Gasteiger partial charge on any atom is -0.481 e. The van der Waals surface area contributed by atoms with Crippen molar-refractivity contribution in [3.63, 3.8) is 0 Å². The Kier molecular flexibility index (Phi) is 4.81. The van der Waals surface area contributed by atoms with Crippen LogP contribution in [0.5, 0.6) is 0 Å². The third-order valence-corrected chi connectivity index (χ3v) is 4.45. The summed E-state index contributed by atoms with van der Waals surface area (Å²) >= 11 is 6.24. The highest BCUT2D eigenvalue weighted by Crippen LogP contribution is 2.29. The van der Waals surface area contributed by atoms with Gasteiger partial charge in [0, 0.05) is 17.4 Å². The number of benzene rings is 1. The van der Waals surface area contributed by atoms with E-state index in [1.165, 1.54) is 0 Å². The molecule has 1 saturated carbocycles. The molecule has 1 aromatic carbocycles. The van der Waals surface area contributed by atoms with E-state index in [4.69, 9.17) is 16.7 Å². The van der Waals surface area contributed by atoms with E-state index in [9.17, 15) is 9.59 Å². The number of ketones is 1. The quantitative estimate of drug-likeness (QED) is 0.918. The summed E-state index contributed by atoms with van der Waals surface area (Å²) in [7, 11) is 0. The minimum absolute atomic E-state index is 0.0731. The van der Waals surface area contributed by atoms with Crippen LogP contribution in [0.4, 0.5) is 0 Å². The van der Waals surface area contributed by atoms with Gasteiger partial charge in [0.1, 0.15) is 5.78 Å². The fourth-order valence-corrected chi connectivity index (χ4v) is 2.94. The van der Waals surface area contributed by atoms with Crippen LogP contribution in [-0.4, -0.2) is 16.9 Å². The van der Waals surface area contributed by atoms with Gasteiger partial charge in [-0.1, -0.05) is 30.2 Å². The molecule has 20 heavy (non-hydrogen) atoms. The normalized spacial score (nSPS) is 20.7. The number of carbonyl (C=O) groups excluding carboxylic acids is 1. The van der Waals surface area contributed by atoms with Crippen molar-refractivity contribution in [3.8, 4) is 0 Å². The maximum absolute atomic E-state index is 11.9. The summed E-state index contributed by atoms with van der Waals surface area (Å²) in [5.74, 6) is -1.03. The number of carboxylic acid groups (broad SMARTS) is 1. The first-order valence-electron chi connectivity index (χ1n) is 7.03. The summed E-state index contributed by atoms with van der Waals surface area (Å²) in [6.07, 6.45) is 4.37. The van der Waals surface area contributed by atoms with Gasteiger partial charge in [-0.25, -0.2) is 0 Å². The topological polar surface area (TPSA) is 54.4 Å². The lowest BCUT2D eigenvalue weighted by Crippen LogP contribution is -2.21. The Morgan fingerprint density at radius 2 is 2.20 bits per heavy atom. The van der Waals surface area contributed by atoms with E-state index in [-0.39, 0.29) is 5.92 Å². The van der Waals surface area contributed by atoms with Gasteiger partial charge in [-0.05, 0) is 43.4 Å². The third kappa shape index (κ3) is 3.40. The minimum atomic E-state index is -0.865. The molecule has 0 bridgehead atoms. The van der Waals surface area contributed by atoms with E-state index in [1.54, 1.807) is 19.1 Å². The van der Waals surface area contributed by atoms with Gasteiger partial charge in [0.25, 0.3) is 0 Å². The van der Waals surface area contributed by atoms with Crippen molar-refractivity contribution in [1.29, 1.82) is 0 Å². The second-order valence-corrected chi connectivity index (χ2v) is 5.93. The summed E-state index contributed by atoms with van der Waals surface area (Å²) in [5, 5.41) is 9.57. The summed E-state index contributed by atoms with van der Waals surface area (Å²) in [6, 6.07) is 5.37. The van der Waals surface area contributed by atoms with Crippen molar-refractivity contribution >= 4 is 23.4 Å². The zero-order valence-electron chi connectivity index (χ0n) is 11.6. The maximum atomic E-state index is 11.9. The molecular formula is C16H19ClO3. The number of carboxylic acids is 1. The van der Waals surface area contributed by atoms with Crippen LogP contribution in [0.15, 0.2) is 18.2 Å². The molecule has 2 atom stereocenters. The highest BCUT2D eigenvalue weighted by atomic mass is 35.5. The average Bonchev–Trinajstić information content (AvgIpc) is 2.42. The number of hydrogen-bond acceptors (Lipinski definition) is 2. The number of hydrogen-bond donors (Lipinski definition) is 1. The second-order valence-electron chi connectivity index (χ2n) is 5.52.